The molecular weight excluding hydrogens is 180 g/mol. The zero-order valence-corrected chi connectivity index (χ0v) is 7.97. The first-order valence-electron chi connectivity index (χ1n) is 3.78. The Morgan fingerprint density at radius 1 is 1.42 bits per heavy atom. The number of piperidine rings is 1. The molecule has 1 aliphatic heterocycles. The van der Waals surface area contributed by atoms with Crippen LogP contribution in [0, 0.1) is 0 Å². The second-order valence-electron chi connectivity index (χ2n) is 2.82. The van der Waals surface area contributed by atoms with Gasteiger partial charge in [0.25, 0.3) is 10.1 Å². The quantitative estimate of drug-likeness (QED) is 0.441. The molecule has 1 aliphatic rings. The van der Waals surface area contributed by atoms with Gasteiger partial charge in [-0.2, -0.15) is 8.42 Å². The highest BCUT2D eigenvalue weighted by Crippen LogP contribution is 1.96. The van der Waals surface area contributed by atoms with Crippen molar-refractivity contribution in [3.63, 3.8) is 0 Å². The summed E-state index contributed by atoms with van der Waals surface area (Å²) in [6, 6.07) is 0.473. The van der Waals surface area contributed by atoms with Crippen molar-refractivity contribution in [2.45, 2.75) is 18.9 Å². The normalized spacial score (nSPS) is 19.6. The molecule has 0 aromatic heterocycles. The molecule has 12 heavy (non-hydrogen) atoms. The van der Waals surface area contributed by atoms with Crippen molar-refractivity contribution in [1.82, 2.24) is 5.32 Å². The van der Waals surface area contributed by atoms with E-state index >= 15 is 0 Å². The van der Waals surface area contributed by atoms with Crippen LogP contribution in [0.25, 0.3) is 0 Å². The van der Waals surface area contributed by atoms with Gasteiger partial charge >= 0.3 is 0 Å². The van der Waals surface area contributed by atoms with Gasteiger partial charge in [-0.15, -0.1) is 0 Å². The van der Waals surface area contributed by atoms with Crippen LogP contribution in [-0.4, -0.2) is 38.4 Å². The Morgan fingerprint density at radius 3 is 1.92 bits per heavy atom. The third kappa shape index (κ3) is 12.5. The maximum absolute atomic E-state index is 9.19. The van der Waals surface area contributed by atoms with Crippen molar-refractivity contribution >= 4 is 10.1 Å². The minimum absolute atomic E-state index is 0.473. The molecular formula is C6H16N2O3S. The summed E-state index contributed by atoms with van der Waals surface area (Å²) in [6.07, 6.45) is 3.02. The highest BCUT2D eigenvalue weighted by atomic mass is 32.2. The van der Waals surface area contributed by atoms with Gasteiger partial charge < -0.3 is 11.1 Å². The average molecular weight is 196 g/mol. The Kier molecular flexibility index (Phi) is 5.39. The second-order valence-corrected chi connectivity index (χ2v) is 4.29. The Bertz CT molecular complexity index is 189. The Balaban J connectivity index is 0.000000217. The van der Waals surface area contributed by atoms with Gasteiger partial charge in [0.15, 0.2) is 0 Å². The van der Waals surface area contributed by atoms with Crippen molar-refractivity contribution < 1.29 is 13.0 Å². The maximum atomic E-state index is 9.19. The van der Waals surface area contributed by atoms with Crippen LogP contribution < -0.4 is 11.1 Å². The molecule has 1 saturated heterocycles. The molecule has 0 atom stereocenters. The van der Waals surface area contributed by atoms with Gasteiger partial charge in [-0.05, 0) is 25.9 Å². The van der Waals surface area contributed by atoms with E-state index in [9.17, 15) is 8.42 Å². The third-order valence-electron chi connectivity index (χ3n) is 1.38. The number of rotatable bonds is 0. The van der Waals surface area contributed by atoms with Gasteiger partial charge in [0.1, 0.15) is 0 Å². The predicted molar refractivity (Wildman–Crippen MR) is 47.6 cm³/mol. The van der Waals surface area contributed by atoms with Crippen LogP contribution in [0.3, 0.4) is 0 Å². The van der Waals surface area contributed by atoms with E-state index in [4.69, 9.17) is 10.3 Å². The molecule has 0 aromatic rings. The summed E-state index contributed by atoms with van der Waals surface area (Å²) in [4.78, 5) is 0. The molecule has 0 aliphatic carbocycles. The SMILES string of the molecule is CS(=O)(=O)O.NC1CCNCC1. The number of nitrogens with two attached hydrogens (primary N) is 1. The van der Waals surface area contributed by atoms with Crippen molar-refractivity contribution in [2.75, 3.05) is 19.3 Å². The molecule has 1 heterocycles. The molecule has 0 saturated carbocycles. The summed E-state index contributed by atoms with van der Waals surface area (Å²) < 4.78 is 25.9. The zero-order chi connectivity index (χ0) is 9.61. The van der Waals surface area contributed by atoms with E-state index in [-0.39, 0.29) is 0 Å². The van der Waals surface area contributed by atoms with E-state index in [1.807, 2.05) is 0 Å². The summed E-state index contributed by atoms with van der Waals surface area (Å²) in [5.41, 5.74) is 5.59. The van der Waals surface area contributed by atoms with Crippen LogP contribution in [0.5, 0.6) is 0 Å². The van der Waals surface area contributed by atoms with Gasteiger partial charge in [0.05, 0.1) is 6.26 Å². The molecule has 1 rings (SSSR count). The molecule has 1 fully saturated rings. The Hall–Kier alpha value is -0.170. The average Bonchev–Trinajstić information content (AvgIpc) is 1.85. The number of hydrogen-bond acceptors (Lipinski definition) is 4. The van der Waals surface area contributed by atoms with Crippen molar-refractivity contribution in [1.29, 1.82) is 0 Å². The lowest BCUT2D eigenvalue weighted by atomic mass is 10.1. The zero-order valence-electron chi connectivity index (χ0n) is 7.16. The summed E-state index contributed by atoms with van der Waals surface area (Å²) in [5, 5.41) is 3.24. The highest BCUT2D eigenvalue weighted by molar-refractivity contribution is 7.85. The molecule has 0 amide bonds. The summed E-state index contributed by atoms with van der Waals surface area (Å²) in [7, 11) is -3.67. The summed E-state index contributed by atoms with van der Waals surface area (Å²) >= 11 is 0. The van der Waals surface area contributed by atoms with Crippen LogP contribution in [0.15, 0.2) is 0 Å². The smallest absolute Gasteiger partial charge is 0.261 e. The molecule has 5 nitrogen and oxygen atoms in total. The number of hydrogen-bond donors (Lipinski definition) is 3. The van der Waals surface area contributed by atoms with Gasteiger partial charge in [0.2, 0.25) is 0 Å². The van der Waals surface area contributed by atoms with Crippen LogP contribution in [0.2, 0.25) is 0 Å². The van der Waals surface area contributed by atoms with Crippen molar-refractivity contribution in [2.24, 2.45) is 5.73 Å². The van der Waals surface area contributed by atoms with E-state index in [0.717, 1.165) is 25.9 Å². The molecule has 0 unspecified atom stereocenters. The molecule has 0 radical (unpaired) electrons. The third-order valence-corrected chi connectivity index (χ3v) is 1.38. The molecule has 4 N–H and O–H groups in total. The van der Waals surface area contributed by atoms with Gasteiger partial charge in [-0.3, -0.25) is 4.55 Å². The summed E-state index contributed by atoms with van der Waals surface area (Å²) in [6.45, 7) is 2.22. The van der Waals surface area contributed by atoms with E-state index < -0.39 is 10.1 Å². The summed E-state index contributed by atoms with van der Waals surface area (Å²) in [5.74, 6) is 0. The van der Waals surface area contributed by atoms with Crippen molar-refractivity contribution in [3.8, 4) is 0 Å². The fourth-order valence-corrected chi connectivity index (χ4v) is 0.844. The largest absolute Gasteiger partial charge is 0.328 e. The minimum Gasteiger partial charge on any atom is -0.328 e. The van der Waals surface area contributed by atoms with E-state index in [2.05, 4.69) is 5.32 Å². The highest BCUT2D eigenvalue weighted by Gasteiger charge is 2.05. The monoisotopic (exact) mass is 196 g/mol. The Morgan fingerprint density at radius 2 is 1.75 bits per heavy atom. The fraction of sp³-hybridized carbons (Fsp3) is 1.00. The fourth-order valence-electron chi connectivity index (χ4n) is 0.844. The lowest BCUT2D eigenvalue weighted by Gasteiger charge is -2.17. The molecule has 0 bridgehead atoms. The standard InChI is InChI=1S/C5H12N2.CH4O3S/c6-5-1-3-7-4-2-5;1-5(2,3)4/h5,7H,1-4,6H2;1H3,(H,2,3,4). The lowest BCUT2D eigenvalue weighted by molar-refractivity contribution is 0.458. The minimum atomic E-state index is -3.67. The lowest BCUT2D eigenvalue weighted by Crippen LogP contribution is -2.35. The van der Waals surface area contributed by atoms with Gasteiger partial charge in [-0.25, -0.2) is 0 Å². The Labute approximate surface area is 73.1 Å². The predicted octanol–water partition coefficient (Wildman–Crippen LogP) is -0.799. The molecule has 0 spiro atoms. The molecule has 6 heteroatoms. The second kappa shape index (κ2) is 5.47. The van der Waals surface area contributed by atoms with Crippen molar-refractivity contribution in [3.05, 3.63) is 0 Å². The van der Waals surface area contributed by atoms with Crippen LogP contribution >= 0.6 is 0 Å². The molecule has 0 aromatic carbocycles. The van der Waals surface area contributed by atoms with Crippen LogP contribution in [0.4, 0.5) is 0 Å². The van der Waals surface area contributed by atoms with E-state index in [1.165, 1.54) is 0 Å². The first kappa shape index (κ1) is 11.8. The topological polar surface area (TPSA) is 92.4 Å². The first-order valence-corrected chi connectivity index (χ1v) is 5.63. The maximum Gasteiger partial charge on any atom is 0.261 e. The van der Waals surface area contributed by atoms with Gasteiger partial charge in [0, 0.05) is 6.04 Å². The van der Waals surface area contributed by atoms with Gasteiger partial charge in [-0.1, -0.05) is 0 Å². The number of nitrogens with one attached hydrogen (secondary N) is 1. The molecule has 74 valence electrons. The van der Waals surface area contributed by atoms with E-state index in [0.29, 0.717) is 12.3 Å². The van der Waals surface area contributed by atoms with E-state index in [1.54, 1.807) is 0 Å². The van der Waals surface area contributed by atoms with Crippen LogP contribution in [0.1, 0.15) is 12.8 Å². The van der Waals surface area contributed by atoms with Crippen LogP contribution in [-0.2, 0) is 10.1 Å². The first-order chi connectivity index (χ1) is 5.39.